The minimum Gasteiger partial charge on any atom is -0.456 e. The molecule has 4 atom stereocenters. The van der Waals surface area contributed by atoms with E-state index < -0.39 is 211 Å². The van der Waals surface area contributed by atoms with E-state index in [-0.39, 0.29) is 24.3 Å². The van der Waals surface area contributed by atoms with Gasteiger partial charge in [0.15, 0.2) is 26.4 Å². The minimum absolute atomic E-state index is 0.0240. The summed E-state index contributed by atoms with van der Waals surface area (Å²) in [6.45, 7) is -21.0. The Morgan fingerprint density at radius 2 is 0.729 bits per heavy atom. The Morgan fingerprint density at radius 1 is 0.400 bits per heavy atom. The molecule has 0 aliphatic heterocycles. The van der Waals surface area contributed by atoms with E-state index >= 15 is 43.9 Å². The van der Waals surface area contributed by atoms with Gasteiger partial charge in [-0.05, 0) is 6.42 Å². The highest BCUT2D eigenvalue weighted by molar-refractivity contribution is 5.82. The second kappa shape index (κ2) is 27.3. The lowest BCUT2D eigenvalue weighted by molar-refractivity contribution is -0.493. The number of carbonyl (C=O) groups is 4. The summed E-state index contributed by atoms with van der Waals surface area (Å²) < 4.78 is 457. The van der Waals surface area contributed by atoms with Gasteiger partial charge < -0.3 is 42.6 Å². The van der Waals surface area contributed by atoms with Crippen molar-refractivity contribution in [3.05, 3.63) is 50.6 Å². The number of halogens is 28. The van der Waals surface area contributed by atoms with Crippen LogP contribution in [0.4, 0.5) is 123 Å². The van der Waals surface area contributed by atoms with Gasteiger partial charge in [-0.15, -0.1) is 0 Å². The number of hydrogen-bond donors (Lipinski definition) is 0. The highest BCUT2D eigenvalue weighted by Gasteiger charge is 2.96. The zero-order valence-electron chi connectivity index (χ0n) is 41.7. The van der Waals surface area contributed by atoms with E-state index in [1.807, 2.05) is 0 Å². The van der Waals surface area contributed by atoms with E-state index in [9.17, 15) is 98.2 Å². The lowest BCUT2D eigenvalue weighted by atomic mass is 9.64. The molecule has 0 aromatic rings. The van der Waals surface area contributed by atoms with Crippen LogP contribution in [0.3, 0.4) is 0 Å². The summed E-state index contributed by atoms with van der Waals surface area (Å²) in [6, 6.07) is 0. The third-order valence-electron chi connectivity index (χ3n) is 10.3. The normalized spacial score (nSPS) is 21.7. The molecule has 1 saturated carbocycles. The number of alkyl halides is 28. The molecule has 0 radical (unpaired) electrons. The molecule has 494 valence electrons. The van der Waals surface area contributed by atoms with Gasteiger partial charge in [-0.25, -0.2) is 36.7 Å². The average molecular weight is 1320 g/mol. The van der Waals surface area contributed by atoms with Crippen LogP contribution in [0.25, 0.3) is 0 Å². The van der Waals surface area contributed by atoms with Crippen LogP contribution in [0.5, 0.6) is 0 Å². The highest BCUT2D eigenvalue weighted by Crippen LogP contribution is 2.68. The molecule has 43 heteroatoms. The lowest BCUT2D eigenvalue weighted by Gasteiger charge is -2.56. The van der Waals surface area contributed by atoms with Crippen molar-refractivity contribution in [2.24, 2.45) is 0 Å². The van der Waals surface area contributed by atoms with Gasteiger partial charge in [-0.3, -0.25) is 9.47 Å². The lowest BCUT2D eigenvalue weighted by Crippen LogP contribution is -2.84. The van der Waals surface area contributed by atoms with Crippen LogP contribution >= 0.6 is 0 Å². The van der Waals surface area contributed by atoms with E-state index in [1.165, 1.54) is 0 Å². The van der Waals surface area contributed by atoms with Gasteiger partial charge in [-0.2, -0.15) is 105 Å². The Morgan fingerprint density at radius 3 is 1.09 bits per heavy atom. The van der Waals surface area contributed by atoms with E-state index in [0.717, 1.165) is 0 Å². The predicted molar refractivity (Wildman–Crippen MR) is 215 cm³/mol. The van der Waals surface area contributed by atoms with Crippen molar-refractivity contribution in [3.8, 4) is 0 Å². The third-order valence-corrected chi connectivity index (χ3v) is 10.3. The van der Waals surface area contributed by atoms with Crippen molar-refractivity contribution in [1.29, 1.82) is 0 Å². The van der Waals surface area contributed by atoms with Gasteiger partial charge in [-0.1, -0.05) is 26.3 Å². The fourth-order valence-corrected chi connectivity index (χ4v) is 5.84. The first-order chi connectivity index (χ1) is 38.0. The molecule has 1 aliphatic carbocycles. The van der Waals surface area contributed by atoms with E-state index in [0.29, 0.717) is 0 Å². The highest BCUT2D eigenvalue weighted by atomic mass is 19.4. The largest absolute Gasteiger partial charge is 0.456 e. The van der Waals surface area contributed by atoms with Crippen LogP contribution in [0.1, 0.15) is 19.3 Å². The van der Waals surface area contributed by atoms with E-state index in [4.69, 9.17) is 0 Å². The Balaban J connectivity index is 3.98. The van der Waals surface area contributed by atoms with Crippen molar-refractivity contribution in [1.82, 2.24) is 0 Å². The molecule has 1 rings (SSSR count). The third kappa shape index (κ3) is 18.1. The maximum atomic E-state index is 16.7. The summed E-state index contributed by atoms with van der Waals surface area (Å²) in [5, 5.41) is 0. The zero-order chi connectivity index (χ0) is 66.8. The number of esters is 4. The summed E-state index contributed by atoms with van der Waals surface area (Å²) in [5.41, 5.74) is -20.9. The molecule has 15 nitrogen and oxygen atoms in total. The van der Waals surface area contributed by atoms with Crippen LogP contribution in [-0.4, -0.2) is 192 Å². The molecular formula is C42H40F28O15. The maximum absolute atomic E-state index is 16.7. The van der Waals surface area contributed by atoms with Crippen molar-refractivity contribution >= 4 is 23.9 Å². The summed E-state index contributed by atoms with van der Waals surface area (Å²) in [7, 11) is 0. The van der Waals surface area contributed by atoms with Crippen molar-refractivity contribution in [2.75, 3.05) is 72.7 Å². The quantitative estimate of drug-likeness (QED) is 0.0187. The molecule has 0 aromatic carbocycles. The molecule has 1 fully saturated rings. The molecule has 0 bridgehead atoms. The molecule has 0 N–H and O–H groups in total. The van der Waals surface area contributed by atoms with Crippen LogP contribution in [-0.2, 0) is 71.3 Å². The number of ether oxygens (including phenoxy) is 11. The van der Waals surface area contributed by atoms with Gasteiger partial charge in [0.05, 0.1) is 32.8 Å². The zero-order valence-corrected chi connectivity index (χ0v) is 41.7. The second-order valence-corrected chi connectivity index (χ2v) is 16.9. The molecule has 0 spiro atoms. The summed E-state index contributed by atoms with van der Waals surface area (Å²) in [5.74, 6) is -52.6. The predicted octanol–water partition coefficient (Wildman–Crippen LogP) is 10.4. The van der Waals surface area contributed by atoms with Crippen molar-refractivity contribution in [3.63, 3.8) is 0 Å². The van der Waals surface area contributed by atoms with Crippen LogP contribution < -0.4 is 0 Å². The van der Waals surface area contributed by atoms with Crippen LogP contribution in [0.15, 0.2) is 50.6 Å². The molecule has 0 aromatic heterocycles. The Bertz CT molecular complexity index is 2340. The fraction of sp³-hybridized carbons (Fsp3) is 0.714. The molecule has 85 heavy (non-hydrogen) atoms. The van der Waals surface area contributed by atoms with E-state index in [1.54, 1.807) is 0 Å². The van der Waals surface area contributed by atoms with E-state index in [2.05, 4.69) is 78.4 Å². The monoisotopic (exact) mass is 1320 g/mol. The summed E-state index contributed by atoms with van der Waals surface area (Å²) in [6.07, 6.45) is -48.2. The first-order valence-electron chi connectivity index (χ1n) is 22.0. The van der Waals surface area contributed by atoms with Crippen LogP contribution in [0, 0.1) is 0 Å². The average Bonchev–Trinajstić information content (AvgIpc) is 0.780. The van der Waals surface area contributed by atoms with Gasteiger partial charge in [0.25, 0.3) is 5.85 Å². The summed E-state index contributed by atoms with van der Waals surface area (Å²) in [4.78, 5) is 44.2. The van der Waals surface area contributed by atoms with Crippen molar-refractivity contribution < 1.29 is 194 Å². The van der Waals surface area contributed by atoms with Crippen LogP contribution in [0.2, 0.25) is 0 Å². The first-order valence-corrected chi connectivity index (χ1v) is 22.0. The molecular weight excluding hydrogens is 1280 g/mol. The Hall–Kier alpha value is -5.40. The Labute approximate surface area is 455 Å². The standard InChI is InChI=1S/C42H40F28O15/c1-5-23(71)77-19-30(46,47)38(61,62)81-12-9-11-75-15-27(43)14-28(44,37(59,60)35(56,36(27,57)58)42(69,70)85-34(54,55)10-13-82-39(63,64)31(48,49)20-78-24(72)6-2)16-76-17-29(45,84-41(67,68)33(52,53)22-80-26(74)8-4)18-83-40(65,66)32(50,51)21-79-25(73)7-3/h5-8H,1-4,9-22H2. The van der Waals surface area contributed by atoms with Gasteiger partial charge in [0.1, 0.15) is 13.2 Å². The van der Waals surface area contributed by atoms with Gasteiger partial charge in [0.2, 0.25) is 11.3 Å². The van der Waals surface area contributed by atoms with Crippen molar-refractivity contribution in [2.45, 2.75) is 114 Å². The first kappa shape index (κ1) is 77.6. The molecule has 0 amide bonds. The molecule has 4 unspecified atom stereocenters. The number of rotatable bonds is 39. The SMILES string of the molecule is C=CC(=O)OCC(F)(F)C(F)(F)OCCCOCC1(F)CC(F)(COCC(F)(COC(F)(F)C(F)(F)COC(=O)C=C)OC(F)(F)C(F)(F)COC(=O)C=C)C(F)(F)C(F)(C(F)(F)OC(F)(F)CCOC(F)(F)C(F)(F)COC(=O)C=C)C1(F)F. The maximum Gasteiger partial charge on any atom is 0.425 e. The molecule has 0 saturated heterocycles. The topological polar surface area (TPSA) is 170 Å². The number of hydrogen-bond acceptors (Lipinski definition) is 15. The Kier molecular flexibility index (Phi) is 25.0. The van der Waals surface area contributed by atoms with Gasteiger partial charge in [0, 0.05) is 37.3 Å². The minimum atomic E-state index is -8.28. The summed E-state index contributed by atoms with van der Waals surface area (Å²) >= 11 is 0. The second-order valence-electron chi connectivity index (χ2n) is 16.9. The molecule has 0 heterocycles. The molecule has 1 aliphatic rings. The number of carbonyl (C=O) groups excluding carboxylic acids is 4. The fourth-order valence-electron chi connectivity index (χ4n) is 5.84. The smallest absolute Gasteiger partial charge is 0.425 e. The van der Waals surface area contributed by atoms with Gasteiger partial charge >= 0.3 is 102 Å².